The van der Waals surface area contributed by atoms with Crippen LogP contribution >= 0.6 is 11.3 Å². The number of aromatic nitrogens is 3. The third-order valence-electron chi connectivity index (χ3n) is 15.5. The van der Waals surface area contributed by atoms with E-state index < -0.39 is 35.4 Å². The van der Waals surface area contributed by atoms with Gasteiger partial charge < -0.3 is 55.0 Å². The summed E-state index contributed by atoms with van der Waals surface area (Å²) in [6.45, 7) is 22.6. The molecule has 20 heteroatoms. The zero-order valence-corrected chi connectivity index (χ0v) is 48.5. The van der Waals surface area contributed by atoms with Crippen LogP contribution in [-0.2, 0) is 41.7 Å². The summed E-state index contributed by atoms with van der Waals surface area (Å²) in [6, 6.07) is 16.4. The number of carbonyl (C=O) groups excluding carboxylic acids is 4. The minimum Gasteiger partial charge on any atom is -0.391 e. The van der Waals surface area contributed by atoms with Gasteiger partial charge in [-0.15, -0.1) is 11.3 Å². The number of benzene rings is 2. The lowest BCUT2D eigenvalue weighted by molar-refractivity contribution is -0.144. The van der Waals surface area contributed by atoms with Crippen molar-refractivity contribution >= 4 is 46.3 Å². The second kappa shape index (κ2) is 27.3. The summed E-state index contributed by atoms with van der Waals surface area (Å²) in [5.41, 5.74) is 11.0. The summed E-state index contributed by atoms with van der Waals surface area (Å²) in [4.78, 5) is 89.2. The summed E-state index contributed by atoms with van der Waals surface area (Å²) in [7, 11) is 0. The fourth-order valence-electron chi connectivity index (χ4n) is 10.9. The van der Waals surface area contributed by atoms with Gasteiger partial charge in [-0.2, -0.15) is 0 Å². The van der Waals surface area contributed by atoms with Gasteiger partial charge in [-0.1, -0.05) is 45.0 Å². The minimum atomic E-state index is -0.966. The number of aliphatic hydroxyl groups is 1. The lowest BCUT2D eigenvalue weighted by atomic mass is 9.85. The van der Waals surface area contributed by atoms with Crippen LogP contribution < -0.4 is 31.3 Å². The summed E-state index contributed by atoms with van der Waals surface area (Å²) >= 11 is 1.57. The van der Waals surface area contributed by atoms with E-state index in [0.29, 0.717) is 37.6 Å². The first kappa shape index (κ1) is 59.6. The van der Waals surface area contributed by atoms with Crippen molar-refractivity contribution in [2.45, 2.75) is 112 Å². The summed E-state index contributed by atoms with van der Waals surface area (Å²) in [6.07, 6.45) is 2.93. The molecular weight excluding hydrogens is 1040 g/mol. The van der Waals surface area contributed by atoms with Crippen LogP contribution in [0.2, 0.25) is 0 Å². The number of ether oxygens (including phenoxy) is 3. The van der Waals surface area contributed by atoms with Crippen LogP contribution in [0.25, 0.3) is 21.7 Å². The maximum Gasteiger partial charge on any atom is 0.253 e. The number of nitrogens with one attached hydrogen (secondary N) is 4. The Morgan fingerprint density at radius 2 is 1.64 bits per heavy atom. The van der Waals surface area contributed by atoms with Crippen LogP contribution in [0.4, 0.5) is 11.4 Å². The molecule has 19 nitrogen and oxygen atoms in total. The fraction of sp³-hybridized carbons (Fsp3) is 0.517. The number of rotatable bonds is 22. The monoisotopic (exact) mass is 1120 g/mol. The number of nitrogens with zero attached hydrogens (tertiary/aromatic N) is 6. The number of anilines is 2. The quantitative estimate of drug-likeness (QED) is 0.0526. The van der Waals surface area contributed by atoms with Gasteiger partial charge in [0.25, 0.3) is 11.5 Å². The SMILES string of the molecule is CCN(c1cc(-c2ccc(N3CCN(CCOCCOCC(=O)N[C@H](C(=O)N4C[C@H](O)C[C@H]4C(=O)NCc4ccc(-c5scnc5C)cc4)C(C)(C)C)CC3)cn2)cc(C(=O)NCc2c(C)cc(C)[nH]c2=O)c1C)C1CCOCC1. The van der Waals surface area contributed by atoms with Gasteiger partial charge in [0, 0.05) is 113 Å². The van der Waals surface area contributed by atoms with Crippen molar-refractivity contribution in [1.29, 1.82) is 0 Å². The first-order chi connectivity index (χ1) is 38.4. The Kier molecular flexibility index (Phi) is 20.3. The molecule has 6 heterocycles. The second-order valence-corrected chi connectivity index (χ2v) is 23.1. The number of hydrogen-bond donors (Lipinski definition) is 5. The normalized spacial score (nSPS) is 17.6. The molecule has 4 amide bonds. The van der Waals surface area contributed by atoms with E-state index in [1.807, 2.05) is 103 Å². The van der Waals surface area contributed by atoms with Gasteiger partial charge in [-0.05, 0) is 105 Å². The molecular formula is C60H80N10O9S. The maximum absolute atomic E-state index is 14.1. The molecule has 0 unspecified atom stereocenters. The molecule has 0 radical (unpaired) electrons. The summed E-state index contributed by atoms with van der Waals surface area (Å²) in [5, 5.41) is 19.4. The van der Waals surface area contributed by atoms with Gasteiger partial charge in [-0.3, -0.25) is 33.9 Å². The minimum absolute atomic E-state index is 0.0160. The molecule has 3 aliphatic heterocycles. The second-order valence-electron chi connectivity index (χ2n) is 22.3. The molecule has 0 saturated carbocycles. The molecule has 3 atom stereocenters. The Morgan fingerprint density at radius 1 is 0.900 bits per heavy atom. The highest BCUT2D eigenvalue weighted by Crippen LogP contribution is 2.35. The van der Waals surface area contributed by atoms with Crippen LogP contribution in [0, 0.1) is 33.1 Å². The zero-order valence-electron chi connectivity index (χ0n) is 47.7. The molecule has 80 heavy (non-hydrogen) atoms. The Hall–Kier alpha value is -6.55. The van der Waals surface area contributed by atoms with Crippen LogP contribution in [0.3, 0.4) is 0 Å². The first-order valence-corrected chi connectivity index (χ1v) is 28.9. The molecule has 3 aliphatic rings. The number of thiazole rings is 1. The lowest BCUT2D eigenvalue weighted by Gasteiger charge is -2.37. The summed E-state index contributed by atoms with van der Waals surface area (Å²) in [5.74, 6) is -1.52. The van der Waals surface area contributed by atoms with Gasteiger partial charge in [0.15, 0.2) is 0 Å². The zero-order chi connectivity index (χ0) is 57.1. The van der Waals surface area contributed by atoms with E-state index in [4.69, 9.17) is 19.2 Å². The van der Waals surface area contributed by atoms with Crippen LogP contribution in [0.5, 0.6) is 0 Å². The highest BCUT2D eigenvalue weighted by atomic mass is 32.1. The number of likely N-dealkylation sites (tertiary alicyclic amines) is 1. The molecule has 8 rings (SSSR count). The van der Waals surface area contributed by atoms with Crippen molar-refractivity contribution in [3.8, 4) is 21.7 Å². The highest BCUT2D eigenvalue weighted by Gasteiger charge is 2.44. The number of amides is 4. The predicted molar refractivity (Wildman–Crippen MR) is 311 cm³/mol. The van der Waals surface area contributed by atoms with E-state index in [1.54, 1.807) is 11.3 Å². The van der Waals surface area contributed by atoms with Crippen molar-refractivity contribution in [3.63, 3.8) is 0 Å². The number of piperazine rings is 1. The Morgan fingerprint density at radius 3 is 2.30 bits per heavy atom. The van der Waals surface area contributed by atoms with Gasteiger partial charge in [0.1, 0.15) is 18.7 Å². The highest BCUT2D eigenvalue weighted by molar-refractivity contribution is 7.13. The van der Waals surface area contributed by atoms with Crippen molar-refractivity contribution in [2.24, 2.45) is 5.41 Å². The molecule has 0 spiro atoms. The van der Waals surface area contributed by atoms with Crippen molar-refractivity contribution in [3.05, 3.63) is 116 Å². The van der Waals surface area contributed by atoms with Gasteiger partial charge in [-0.25, -0.2) is 4.98 Å². The topological polar surface area (TPSA) is 224 Å². The van der Waals surface area contributed by atoms with E-state index in [2.05, 4.69) is 59.7 Å². The Labute approximate surface area is 473 Å². The van der Waals surface area contributed by atoms with E-state index in [-0.39, 0.29) is 62.7 Å². The average Bonchev–Trinajstić information content (AvgIpc) is 4.09. The number of carbonyl (C=O) groups is 4. The van der Waals surface area contributed by atoms with E-state index >= 15 is 0 Å². The Balaban J connectivity index is 0.771. The van der Waals surface area contributed by atoms with Gasteiger partial charge >= 0.3 is 0 Å². The lowest BCUT2D eigenvalue weighted by Crippen LogP contribution is -2.58. The summed E-state index contributed by atoms with van der Waals surface area (Å²) < 4.78 is 17.3. The van der Waals surface area contributed by atoms with E-state index in [1.165, 1.54) is 4.90 Å². The third-order valence-corrected chi connectivity index (χ3v) is 16.5. The smallest absolute Gasteiger partial charge is 0.253 e. The molecule has 430 valence electrons. The fourth-order valence-corrected chi connectivity index (χ4v) is 11.7. The van der Waals surface area contributed by atoms with Crippen molar-refractivity contribution in [1.82, 2.24) is 40.7 Å². The largest absolute Gasteiger partial charge is 0.391 e. The number of hydrogen-bond acceptors (Lipinski definition) is 15. The van der Waals surface area contributed by atoms with Crippen LogP contribution in [0.1, 0.15) is 91.0 Å². The average molecular weight is 1120 g/mol. The number of H-pyrrole nitrogens is 1. The molecule has 0 bridgehead atoms. The molecule has 3 saturated heterocycles. The maximum atomic E-state index is 14.1. The third kappa shape index (κ3) is 15.1. The standard InChI is InChI=1S/C60H80N10O9S/c1-9-69(45-16-23-77-24-17-45)51-30-44(29-48(40(51)4)56(73)63-34-49-38(2)28-39(3)65-57(49)74)50-15-14-46(33-61-50)68-20-18-67(19-21-68)22-25-78-26-27-79-36-53(72)66-55(60(6,7)8)59(76)70-35-47(71)31-52(70)58(75)62-32-42-10-12-43(13-11-42)54-41(5)64-37-80-54/h10-15,28-30,33,37,45,47,52,55,71H,9,16-27,31-32,34-36H2,1-8H3,(H,62,75)(H,63,73)(H,65,74)(H,66,72)/t47-,52+,55-/m1/s1. The predicted octanol–water partition coefficient (Wildman–Crippen LogP) is 5.69. The molecule has 3 fully saturated rings. The van der Waals surface area contributed by atoms with E-state index in [0.717, 1.165) is 113 Å². The van der Waals surface area contributed by atoms with Crippen LogP contribution in [-0.4, -0.2) is 163 Å². The molecule has 2 aromatic carbocycles. The molecule has 3 aromatic heterocycles. The van der Waals surface area contributed by atoms with Gasteiger partial charge in [0.05, 0.1) is 59.6 Å². The van der Waals surface area contributed by atoms with Crippen molar-refractivity contribution in [2.75, 3.05) is 95.3 Å². The molecule has 0 aliphatic carbocycles. The van der Waals surface area contributed by atoms with Gasteiger partial charge in [0.2, 0.25) is 17.7 Å². The van der Waals surface area contributed by atoms with Crippen LogP contribution in [0.15, 0.2) is 71.1 Å². The molecule has 5 aromatic rings. The number of β-amino-alcohol motifs (C(OH)–C–C–N with tert-alkyl or cyclic N) is 1. The number of aryl methyl sites for hydroxylation is 3. The Bertz CT molecular complexity index is 2980. The molecule has 5 N–H and O–H groups in total. The number of aromatic amines is 1. The van der Waals surface area contributed by atoms with E-state index in [9.17, 15) is 29.1 Å². The van der Waals surface area contributed by atoms with Crippen molar-refractivity contribution < 1.29 is 38.5 Å². The first-order valence-electron chi connectivity index (χ1n) is 28.0. The number of pyridine rings is 2. The number of aliphatic hydroxyl groups excluding tert-OH is 1.